The highest BCUT2D eigenvalue weighted by molar-refractivity contribution is 5.77. The lowest BCUT2D eigenvalue weighted by Gasteiger charge is -2.58. The first kappa shape index (κ1) is 25.4. The molecule has 4 nitrogen and oxygen atoms in total. The highest BCUT2D eigenvalue weighted by Gasteiger charge is 2.59. The van der Waals surface area contributed by atoms with Crippen LogP contribution in [0.5, 0.6) is 0 Å². The summed E-state index contributed by atoms with van der Waals surface area (Å²) in [5.41, 5.74) is 2.51. The van der Waals surface area contributed by atoms with E-state index >= 15 is 0 Å². The lowest BCUT2D eigenvalue weighted by Crippen LogP contribution is -2.50. The topological polar surface area (TPSA) is 49.8 Å². The Morgan fingerprint density at radius 1 is 1.08 bits per heavy atom. The quantitative estimate of drug-likeness (QED) is 0.469. The largest absolute Gasteiger partial charge is 0.393 e. The van der Waals surface area contributed by atoms with Gasteiger partial charge in [-0.05, 0) is 104 Å². The number of fused-ring (bicyclic) bond motifs is 6. The molecule has 2 heterocycles. The number of amides is 1. The first-order valence-electron chi connectivity index (χ1n) is 15.3. The molecule has 36 heavy (non-hydrogen) atoms. The zero-order valence-corrected chi connectivity index (χ0v) is 23.6. The fraction of sp³-hybridized carbons (Fsp3) is 0.906. The summed E-state index contributed by atoms with van der Waals surface area (Å²) >= 11 is 0. The molecule has 5 fully saturated rings. The minimum absolute atomic E-state index is 0.118. The molecule has 10 atom stereocenters. The predicted octanol–water partition coefficient (Wildman–Crippen LogP) is 6.23. The van der Waals surface area contributed by atoms with E-state index in [4.69, 9.17) is 4.74 Å². The fourth-order valence-electron chi connectivity index (χ4n) is 10.9. The van der Waals surface area contributed by atoms with Crippen molar-refractivity contribution < 1.29 is 14.6 Å². The van der Waals surface area contributed by atoms with E-state index in [0.29, 0.717) is 41.0 Å². The number of rotatable bonds is 4. The van der Waals surface area contributed by atoms with Crippen LogP contribution in [0, 0.1) is 51.8 Å². The van der Waals surface area contributed by atoms with E-state index in [1.54, 1.807) is 5.57 Å². The number of hydrogen-bond donors (Lipinski definition) is 1. The van der Waals surface area contributed by atoms with Crippen molar-refractivity contribution >= 4 is 5.91 Å². The molecule has 3 unspecified atom stereocenters. The molecule has 4 aliphatic carbocycles. The third kappa shape index (κ3) is 3.78. The Hall–Kier alpha value is -0.870. The maximum Gasteiger partial charge on any atom is 0.222 e. The van der Waals surface area contributed by atoms with Crippen molar-refractivity contribution in [1.82, 2.24) is 4.90 Å². The second kappa shape index (κ2) is 8.83. The smallest absolute Gasteiger partial charge is 0.222 e. The van der Waals surface area contributed by atoms with Gasteiger partial charge >= 0.3 is 0 Å². The van der Waals surface area contributed by atoms with E-state index in [0.717, 1.165) is 62.7 Å². The third-order valence-electron chi connectivity index (χ3n) is 13.0. The highest BCUT2D eigenvalue weighted by Crippen LogP contribution is 2.67. The summed E-state index contributed by atoms with van der Waals surface area (Å²) in [4.78, 5) is 15.6. The van der Waals surface area contributed by atoms with Crippen molar-refractivity contribution in [2.24, 2.45) is 51.8 Å². The molecular weight excluding hydrogens is 446 g/mol. The summed E-state index contributed by atoms with van der Waals surface area (Å²) in [6.07, 6.45) is 13.9. The Labute approximate surface area is 219 Å². The number of carbonyl (C=O) groups is 1. The molecule has 0 aromatic heterocycles. The average molecular weight is 498 g/mol. The average Bonchev–Trinajstić information content (AvgIpc) is 3.52. The van der Waals surface area contributed by atoms with Crippen molar-refractivity contribution in [3.05, 3.63) is 11.6 Å². The number of aliphatic hydroxyl groups is 1. The molecule has 6 aliphatic rings. The first-order valence-corrected chi connectivity index (χ1v) is 15.3. The minimum Gasteiger partial charge on any atom is -0.393 e. The van der Waals surface area contributed by atoms with Crippen LogP contribution in [0.1, 0.15) is 98.8 Å². The zero-order chi connectivity index (χ0) is 25.5. The maximum absolute atomic E-state index is 13.4. The molecule has 0 radical (unpaired) electrons. The normalized spacial score (nSPS) is 48.0. The van der Waals surface area contributed by atoms with Gasteiger partial charge in [-0.2, -0.15) is 0 Å². The molecule has 4 heteroatoms. The molecule has 0 bridgehead atoms. The van der Waals surface area contributed by atoms with Crippen LogP contribution in [0.3, 0.4) is 0 Å². The Morgan fingerprint density at radius 2 is 1.89 bits per heavy atom. The van der Waals surface area contributed by atoms with E-state index in [9.17, 15) is 9.90 Å². The van der Waals surface area contributed by atoms with E-state index in [2.05, 4.69) is 45.6 Å². The highest BCUT2D eigenvalue weighted by atomic mass is 16.5. The van der Waals surface area contributed by atoms with Gasteiger partial charge in [-0.3, -0.25) is 4.79 Å². The van der Waals surface area contributed by atoms with E-state index < -0.39 is 0 Å². The van der Waals surface area contributed by atoms with Gasteiger partial charge in [0.25, 0.3) is 0 Å². The summed E-state index contributed by atoms with van der Waals surface area (Å²) in [7, 11) is 0. The lowest BCUT2D eigenvalue weighted by molar-refractivity contribution is -0.133. The Balaban J connectivity index is 1.11. The number of nitrogens with zero attached hydrogens (tertiary/aromatic N) is 1. The molecule has 1 amide bonds. The zero-order valence-electron chi connectivity index (χ0n) is 23.6. The lowest BCUT2D eigenvalue weighted by atomic mass is 9.47. The van der Waals surface area contributed by atoms with Gasteiger partial charge in [-0.15, -0.1) is 0 Å². The van der Waals surface area contributed by atoms with Crippen LogP contribution >= 0.6 is 0 Å². The molecule has 0 spiro atoms. The molecular formula is C32H51NO3. The minimum atomic E-state index is -0.118. The van der Waals surface area contributed by atoms with Crippen LogP contribution in [-0.2, 0) is 9.53 Å². The van der Waals surface area contributed by atoms with Crippen LogP contribution in [0.15, 0.2) is 11.6 Å². The van der Waals surface area contributed by atoms with Gasteiger partial charge in [0.05, 0.1) is 25.4 Å². The van der Waals surface area contributed by atoms with Gasteiger partial charge < -0.3 is 14.7 Å². The number of aliphatic hydroxyl groups excluding tert-OH is 1. The van der Waals surface area contributed by atoms with Crippen LogP contribution in [0.4, 0.5) is 0 Å². The number of allylic oxidation sites excluding steroid dienone is 1. The van der Waals surface area contributed by atoms with E-state index in [-0.39, 0.29) is 11.5 Å². The van der Waals surface area contributed by atoms with Crippen LogP contribution in [-0.4, -0.2) is 47.8 Å². The molecule has 2 saturated heterocycles. The second-order valence-electron chi connectivity index (χ2n) is 15.1. The number of carbonyl (C=O) groups excluding carboxylic acids is 1. The monoisotopic (exact) mass is 497 g/mol. The van der Waals surface area contributed by atoms with Crippen molar-refractivity contribution in [2.75, 3.05) is 19.8 Å². The van der Waals surface area contributed by atoms with Gasteiger partial charge in [0.2, 0.25) is 5.91 Å². The maximum atomic E-state index is 13.4. The standard InChI is InChI=1S/C32H51NO3/c1-20(6-11-29(35)33-19-30(2,3)27-17-36-18-28(27)33)24-9-10-25-23-8-7-21-16-22(34)12-14-31(21,4)26(23)13-15-32(24,25)5/h7,20,22-28,34H,6,8-19H2,1-5H3/t20?,22-,23-,24+,25-,26-,27?,28?,31-,32+/m0/s1. The van der Waals surface area contributed by atoms with Gasteiger partial charge in [0, 0.05) is 18.9 Å². The van der Waals surface area contributed by atoms with Crippen molar-refractivity contribution in [2.45, 2.75) is 111 Å². The van der Waals surface area contributed by atoms with Crippen LogP contribution in [0.2, 0.25) is 0 Å². The van der Waals surface area contributed by atoms with Gasteiger partial charge in [0.15, 0.2) is 0 Å². The van der Waals surface area contributed by atoms with Crippen LogP contribution in [0.25, 0.3) is 0 Å². The Kier molecular flexibility index (Phi) is 6.23. The van der Waals surface area contributed by atoms with Crippen molar-refractivity contribution in [1.29, 1.82) is 0 Å². The molecule has 2 aliphatic heterocycles. The summed E-state index contributed by atoms with van der Waals surface area (Å²) < 4.78 is 5.79. The number of ether oxygens (including phenoxy) is 1. The number of likely N-dealkylation sites (tertiary alicyclic amines) is 1. The van der Waals surface area contributed by atoms with Crippen LogP contribution < -0.4 is 0 Å². The summed E-state index contributed by atoms with van der Waals surface area (Å²) in [5.74, 6) is 4.69. The Bertz CT molecular complexity index is 911. The third-order valence-corrected chi connectivity index (χ3v) is 13.0. The molecule has 0 aromatic carbocycles. The SMILES string of the molecule is CC(CCC(=O)N1CC(C)(C)C2COCC21)[C@H]1CC[C@H]2[C@@H]3CC=C4C[C@@H](O)CC[C@]4(C)[C@H]3CC[C@]12C. The molecule has 1 N–H and O–H groups in total. The summed E-state index contributed by atoms with van der Waals surface area (Å²) in [6.45, 7) is 14.7. The first-order chi connectivity index (χ1) is 17.0. The van der Waals surface area contributed by atoms with Crippen molar-refractivity contribution in [3.8, 4) is 0 Å². The number of hydrogen-bond acceptors (Lipinski definition) is 3. The molecule has 6 rings (SSSR count). The van der Waals surface area contributed by atoms with Gasteiger partial charge in [-0.1, -0.05) is 46.3 Å². The Morgan fingerprint density at radius 3 is 2.69 bits per heavy atom. The van der Waals surface area contributed by atoms with E-state index in [1.165, 1.54) is 38.5 Å². The predicted molar refractivity (Wildman–Crippen MR) is 143 cm³/mol. The van der Waals surface area contributed by atoms with Gasteiger partial charge in [0.1, 0.15) is 0 Å². The molecule has 0 aromatic rings. The molecule has 3 saturated carbocycles. The second-order valence-corrected chi connectivity index (χ2v) is 15.1. The van der Waals surface area contributed by atoms with E-state index in [1.807, 2.05) is 0 Å². The van der Waals surface area contributed by atoms with Gasteiger partial charge in [-0.25, -0.2) is 0 Å². The summed E-state index contributed by atoms with van der Waals surface area (Å²) in [5, 5.41) is 10.3. The van der Waals surface area contributed by atoms with Crippen molar-refractivity contribution in [3.63, 3.8) is 0 Å². The fourth-order valence-corrected chi connectivity index (χ4v) is 10.9. The molecule has 202 valence electrons. The summed E-state index contributed by atoms with van der Waals surface area (Å²) in [6, 6.07) is 0.304.